The highest BCUT2D eigenvalue weighted by atomic mass is 16.1. The first-order chi connectivity index (χ1) is 7.14. The van der Waals surface area contributed by atoms with Crippen LogP contribution in [0.3, 0.4) is 0 Å². The lowest BCUT2D eigenvalue weighted by Gasteiger charge is -2.24. The summed E-state index contributed by atoms with van der Waals surface area (Å²) in [6.45, 7) is 12.6. The van der Waals surface area contributed by atoms with Crippen LogP contribution in [0.5, 0.6) is 0 Å². The molecule has 2 nitrogen and oxygen atoms in total. The Morgan fingerprint density at radius 2 is 1.31 bits per heavy atom. The molecule has 0 saturated carbocycles. The van der Waals surface area contributed by atoms with E-state index in [9.17, 15) is 4.79 Å². The van der Waals surface area contributed by atoms with Crippen LogP contribution in [0.1, 0.15) is 63.3 Å². The molecule has 0 atom stereocenters. The van der Waals surface area contributed by atoms with Crippen molar-refractivity contribution in [1.29, 1.82) is 0 Å². The van der Waals surface area contributed by atoms with Gasteiger partial charge >= 0.3 is 0 Å². The van der Waals surface area contributed by atoms with Gasteiger partial charge in [0.15, 0.2) is 0 Å². The molecule has 0 spiro atoms. The van der Waals surface area contributed by atoms with Gasteiger partial charge in [0.2, 0.25) is 0 Å². The summed E-state index contributed by atoms with van der Waals surface area (Å²) >= 11 is 0. The van der Waals surface area contributed by atoms with E-state index in [1.165, 1.54) is 0 Å². The van der Waals surface area contributed by atoms with E-state index in [0.29, 0.717) is 5.56 Å². The van der Waals surface area contributed by atoms with Gasteiger partial charge in [-0.2, -0.15) is 0 Å². The normalized spacial score (nSPS) is 12.6. The molecule has 0 aromatic carbocycles. The van der Waals surface area contributed by atoms with Crippen molar-refractivity contribution in [2.75, 3.05) is 0 Å². The number of rotatable bonds is 1. The highest BCUT2D eigenvalue weighted by Gasteiger charge is 2.21. The van der Waals surface area contributed by atoms with Gasteiger partial charge in [-0.1, -0.05) is 41.5 Å². The van der Waals surface area contributed by atoms with Gasteiger partial charge in [0.05, 0.1) is 0 Å². The summed E-state index contributed by atoms with van der Waals surface area (Å²) in [6.07, 6.45) is 0.895. The highest BCUT2D eigenvalue weighted by Crippen LogP contribution is 2.26. The number of carbonyl (C=O) groups excluding carboxylic acids is 1. The fourth-order valence-electron chi connectivity index (χ4n) is 1.39. The van der Waals surface area contributed by atoms with Crippen molar-refractivity contribution in [1.82, 2.24) is 4.98 Å². The molecule has 16 heavy (non-hydrogen) atoms. The third-order valence-electron chi connectivity index (χ3n) is 2.52. The molecule has 0 saturated heterocycles. The SMILES string of the molecule is CC(C)(C)c1cc(C=O)cc(C(C)(C)C)n1. The van der Waals surface area contributed by atoms with Crippen LogP contribution >= 0.6 is 0 Å². The first-order valence-corrected chi connectivity index (χ1v) is 5.63. The van der Waals surface area contributed by atoms with Crippen LogP contribution in [-0.4, -0.2) is 11.3 Å². The summed E-state index contributed by atoms with van der Waals surface area (Å²) in [7, 11) is 0. The standard InChI is InChI=1S/C14H21NO/c1-13(2,3)11-7-10(9-16)8-12(15-11)14(4,5)6/h7-9H,1-6H3. The molecule has 0 aliphatic carbocycles. The molecule has 0 aliphatic rings. The second-order valence-corrected chi connectivity index (χ2v) is 6.29. The van der Waals surface area contributed by atoms with Gasteiger partial charge in [-0.3, -0.25) is 9.78 Å². The molecule has 0 bridgehead atoms. The van der Waals surface area contributed by atoms with Crippen LogP contribution < -0.4 is 0 Å². The minimum atomic E-state index is -0.0287. The average molecular weight is 219 g/mol. The van der Waals surface area contributed by atoms with E-state index in [1.54, 1.807) is 0 Å². The Morgan fingerprint density at radius 1 is 0.938 bits per heavy atom. The third-order valence-corrected chi connectivity index (χ3v) is 2.52. The molecule has 88 valence electrons. The van der Waals surface area contributed by atoms with Crippen molar-refractivity contribution >= 4 is 6.29 Å². The molecular formula is C14H21NO. The van der Waals surface area contributed by atoms with Crippen LogP contribution in [0, 0.1) is 0 Å². The molecule has 1 heterocycles. The second kappa shape index (κ2) is 4.00. The summed E-state index contributed by atoms with van der Waals surface area (Å²) in [4.78, 5) is 15.6. The lowest BCUT2D eigenvalue weighted by Crippen LogP contribution is -2.20. The Bertz CT molecular complexity index is 362. The molecule has 0 amide bonds. The van der Waals surface area contributed by atoms with Crippen molar-refractivity contribution in [3.05, 3.63) is 29.1 Å². The predicted molar refractivity (Wildman–Crippen MR) is 67.0 cm³/mol. The van der Waals surface area contributed by atoms with Crippen LogP contribution in [0.15, 0.2) is 12.1 Å². The van der Waals surface area contributed by atoms with E-state index >= 15 is 0 Å². The number of carbonyl (C=O) groups is 1. The van der Waals surface area contributed by atoms with Crippen LogP contribution in [0.25, 0.3) is 0 Å². The Morgan fingerprint density at radius 3 is 1.56 bits per heavy atom. The van der Waals surface area contributed by atoms with Crippen molar-refractivity contribution in [2.24, 2.45) is 0 Å². The molecule has 0 radical (unpaired) electrons. The van der Waals surface area contributed by atoms with Crippen molar-refractivity contribution in [3.8, 4) is 0 Å². The summed E-state index contributed by atoms with van der Waals surface area (Å²) < 4.78 is 0. The summed E-state index contributed by atoms with van der Waals surface area (Å²) in [6, 6.07) is 3.75. The maximum atomic E-state index is 10.9. The summed E-state index contributed by atoms with van der Waals surface area (Å²) in [5.41, 5.74) is 2.60. The average Bonchev–Trinajstić information content (AvgIpc) is 2.14. The molecule has 0 N–H and O–H groups in total. The quantitative estimate of drug-likeness (QED) is 0.677. The monoisotopic (exact) mass is 219 g/mol. The van der Waals surface area contributed by atoms with Gasteiger partial charge in [-0.15, -0.1) is 0 Å². The number of nitrogens with zero attached hydrogens (tertiary/aromatic N) is 1. The van der Waals surface area contributed by atoms with Gasteiger partial charge < -0.3 is 0 Å². The van der Waals surface area contributed by atoms with Gasteiger partial charge in [-0.25, -0.2) is 0 Å². The molecule has 0 aliphatic heterocycles. The molecule has 1 aromatic rings. The van der Waals surface area contributed by atoms with Crippen molar-refractivity contribution in [2.45, 2.75) is 52.4 Å². The molecule has 0 unspecified atom stereocenters. The molecule has 1 rings (SSSR count). The Labute approximate surface area is 98.1 Å². The van der Waals surface area contributed by atoms with E-state index in [2.05, 4.69) is 46.5 Å². The number of hydrogen-bond donors (Lipinski definition) is 0. The zero-order valence-corrected chi connectivity index (χ0v) is 11.1. The number of aldehydes is 1. The largest absolute Gasteiger partial charge is 0.298 e. The molecule has 2 heteroatoms. The Kier molecular flexibility index (Phi) is 3.22. The second-order valence-electron chi connectivity index (χ2n) is 6.29. The van der Waals surface area contributed by atoms with Gasteiger partial charge in [0, 0.05) is 27.8 Å². The maximum absolute atomic E-state index is 10.9. The smallest absolute Gasteiger partial charge is 0.150 e. The van der Waals surface area contributed by atoms with Gasteiger partial charge in [-0.05, 0) is 12.1 Å². The highest BCUT2D eigenvalue weighted by molar-refractivity contribution is 5.75. The predicted octanol–water partition coefficient (Wildman–Crippen LogP) is 3.49. The third kappa shape index (κ3) is 2.91. The van der Waals surface area contributed by atoms with Crippen LogP contribution in [-0.2, 0) is 10.8 Å². The number of pyridine rings is 1. The Hall–Kier alpha value is -1.18. The van der Waals surface area contributed by atoms with E-state index in [4.69, 9.17) is 0 Å². The Balaban J connectivity index is 3.39. The first-order valence-electron chi connectivity index (χ1n) is 5.63. The van der Waals surface area contributed by atoms with Gasteiger partial charge in [0.1, 0.15) is 6.29 Å². The summed E-state index contributed by atoms with van der Waals surface area (Å²) in [5, 5.41) is 0. The minimum absolute atomic E-state index is 0.0287. The van der Waals surface area contributed by atoms with E-state index in [1.807, 2.05) is 12.1 Å². The van der Waals surface area contributed by atoms with Crippen LogP contribution in [0.4, 0.5) is 0 Å². The van der Waals surface area contributed by atoms with Gasteiger partial charge in [0.25, 0.3) is 0 Å². The first kappa shape index (κ1) is 12.9. The lowest BCUT2D eigenvalue weighted by atomic mass is 9.86. The number of hydrogen-bond acceptors (Lipinski definition) is 2. The topological polar surface area (TPSA) is 30.0 Å². The zero-order chi connectivity index (χ0) is 12.6. The minimum Gasteiger partial charge on any atom is -0.298 e. The lowest BCUT2D eigenvalue weighted by molar-refractivity contribution is 0.112. The zero-order valence-electron chi connectivity index (χ0n) is 11.1. The maximum Gasteiger partial charge on any atom is 0.150 e. The fourth-order valence-corrected chi connectivity index (χ4v) is 1.39. The van der Waals surface area contributed by atoms with Crippen molar-refractivity contribution in [3.63, 3.8) is 0 Å². The number of aromatic nitrogens is 1. The summed E-state index contributed by atoms with van der Waals surface area (Å²) in [5.74, 6) is 0. The van der Waals surface area contributed by atoms with E-state index in [-0.39, 0.29) is 10.8 Å². The molecular weight excluding hydrogens is 198 g/mol. The van der Waals surface area contributed by atoms with E-state index in [0.717, 1.165) is 17.7 Å². The molecule has 0 fully saturated rings. The van der Waals surface area contributed by atoms with E-state index < -0.39 is 0 Å². The molecule has 1 aromatic heterocycles. The van der Waals surface area contributed by atoms with Crippen molar-refractivity contribution < 1.29 is 4.79 Å². The van der Waals surface area contributed by atoms with Crippen LogP contribution in [0.2, 0.25) is 0 Å². The fraction of sp³-hybridized carbons (Fsp3) is 0.571.